The van der Waals surface area contributed by atoms with Crippen molar-refractivity contribution in [2.45, 2.75) is 24.9 Å². The average molecular weight is 374 g/mol. The monoisotopic (exact) mass is 374 g/mol. The molecule has 142 valence electrons. The second-order valence-electron chi connectivity index (χ2n) is 7.65. The Labute approximate surface area is 163 Å². The van der Waals surface area contributed by atoms with E-state index < -0.39 is 0 Å². The molecule has 0 saturated carbocycles. The summed E-state index contributed by atoms with van der Waals surface area (Å²) in [5.41, 5.74) is 4.96. The third-order valence-corrected chi connectivity index (χ3v) is 6.09. The molecule has 6 heteroatoms. The molecule has 1 aromatic heterocycles. The summed E-state index contributed by atoms with van der Waals surface area (Å²) in [5.74, 6) is 0. The zero-order valence-electron chi connectivity index (χ0n) is 15.5. The topological polar surface area (TPSA) is 63.3 Å². The highest BCUT2D eigenvalue weighted by molar-refractivity contribution is 5.57. The lowest BCUT2D eigenvalue weighted by Gasteiger charge is -2.43. The van der Waals surface area contributed by atoms with Crippen LogP contribution < -0.4 is 10.2 Å². The Kier molecular flexibility index (Phi) is 3.86. The largest absolute Gasteiger partial charge is 0.374 e. The number of piperidine rings is 1. The van der Waals surface area contributed by atoms with Crippen LogP contribution in [0.3, 0.4) is 0 Å². The van der Waals surface area contributed by atoms with Crippen LogP contribution in [-0.4, -0.2) is 22.6 Å². The van der Waals surface area contributed by atoms with Crippen LogP contribution in [0.1, 0.15) is 24.1 Å². The number of hydrogen-bond donors (Lipinski definition) is 1. The van der Waals surface area contributed by atoms with E-state index in [-0.39, 0.29) is 16.1 Å². The van der Waals surface area contributed by atoms with Crippen molar-refractivity contribution < 1.29 is 4.92 Å². The molecule has 1 saturated heterocycles. The smallest absolute Gasteiger partial charge is 0.269 e. The van der Waals surface area contributed by atoms with Crippen LogP contribution in [0.4, 0.5) is 17.1 Å². The molecule has 0 unspecified atom stereocenters. The average Bonchev–Trinajstić information content (AvgIpc) is 3.15. The Bertz CT molecular complexity index is 1020. The maximum absolute atomic E-state index is 10.9. The van der Waals surface area contributed by atoms with Gasteiger partial charge in [0.25, 0.3) is 5.69 Å². The van der Waals surface area contributed by atoms with Crippen molar-refractivity contribution in [2.24, 2.45) is 0 Å². The van der Waals surface area contributed by atoms with Crippen molar-refractivity contribution in [2.75, 3.05) is 23.3 Å². The number of nitrogens with one attached hydrogen (secondary N) is 1. The van der Waals surface area contributed by atoms with E-state index in [2.05, 4.69) is 57.4 Å². The van der Waals surface area contributed by atoms with E-state index in [4.69, 9.17) is 0 Å². The number of fused-ring (bicyclic) bond motifs is 3. The third-order valence-electron chi connectivity index (χ3n) is 6.09. The Hall–Kier alpha value is -3.28. The van der Waals surface area contributed by atoms with Crippen molar-refractivity contribution >= 4 is 17.1 Å². The second-order valence-corrected chi connectivity index (χ2v) is 7.65. The fourth-order valence-corrected chi connectivity index (χ4v) is 4.58. The van der Waals surface area contributed by atoms with Crippen LogP contribution in [0.25, 0.3) is 0 Å². The molecule has 0 amide bonds. The molecule has 1 fully saturated rings. The van der Waals surface area contributed by atoms with E-state index in [0.29, 0.717) is 0 Å². The number of benzene rings is 2. The number of para-hydroxylation sites is 1. The van der Waals surface area contributed by atoms with Gasteiger partial charge in [0.1, 0.15) is 0 Å². The number of non-ortho nitro benzene ring substituents is 1. The lowest BCUT2D eigenvalue weighted by Crippen LogP contribution is -2.47. The predicted octanol–water partition coefficient (Wildman–Crippen LogP) is 4.37. The first-order chi connectivity index (χ1) is 13.6. The van der Waals surface area contributed by atoms with E-state index in [1.807, 2.05) is 12.1 Å². The maximum atomic E-state index is 10.9. The molecule has 2 aromatic carbocycles. The fraction of sp³-hybridized carbons (Fsp3) is 0.273. The molecule has 5 rings (SSSR count). The summed E-state index contributed by atoms with van der Waals surface area (Å²) < 4.78 is 2.36. The normalized spacial score (nSPS) is 17.4. The SMILES string of the molecule is O=[N+]([O-])c1ccc(N2CCC3(CC2)Nc2ccccc2Cn2cccc23)cc1. The molecule has 6 nitrogen and oxygen atoms in total. The van der Waals surface area contributed by atoms with Crippen LogP contribution >= 0.6 is 0 Å². The van der Waals surface area contributed by atoms with Crippen LogP contribution in [0.5, 0.6) is 0 Å². The van der Waals surface area contributed by atoms with E-state index in [1.165, 1.54) is 16.9 Å². The van der Waals surface area contributed by atoms with E-state index in [0.717, 1.165) is 38.2 Å². The first-order valence-corrected chi connectivity index (χ1v) is 9.66. The van der Waals surface area contributed by atoms with Crippen molar-refractivity contribution in [3.8, 4) is 0 Å². The van der Waals surface area contributed by atoms with Crippen LogP contribution in [0.15, 0.2) is 66.9 Å². The minimum atomic E-state index is -0.351. The number of nitro groups is 1. The molecule has 0 aliphatic carbocycles. The molecule has 1 spiro atoms. The number of rotatable bonds is 2. The fourth-order valence-electron chi connectivity index (χ4n) is 4.58. The summed E-state index contributed by atoms with van der Waals surface area (Å²) in [6.45, 7) is 2.69. The Morgan fingerprint density at radius 3 is 2.46 bits per heavy atom. The zero-order chi connectivity index (χ0) is 19.1. The van der Waals surface area contributed by atoms with Crippen LogP contribution in [-0.2, 0) is 12.1 Å². The van der Waals surface area contributed by atoms with Gasteiger partial charge in [-0.25, -0.2) is 0 Å². The second kappa shape index (κ2) is 6.41. The highest BCUT2D eigenvalue weighted by Crippen LogP contribution is 2.41. The molecular formula is C22H22N4O2. The predicted molar refractivity (Wildman–Crippen MR) is 110 cm³/mol. The highest BCUT2D eigenvalue weighted by Gasteiger charge is 2.40. The minimum absolute atomic E-state index is 0.0899. The summed E-state index contributed by atoms with van der Waals surface area (Å²) in [4.78, 5) is 12.9. The van der Waals surface area contributed by atoms with Gasteiger partial charge in [-0.15, -0.1) is 0 Å². The van der Waals surface area contributed by atoms with Crippen molar-refractivity contribution in [3.05, 3.63) is 88.2 Å². The van der Waals surface area contributed by atoms with Crippen molar-refractivity contribution in [1.82, 2.24) is 4.57 Å². The molecule has 2 aliphatic heterocycles. The van der Waals surface area contributed by atoms with Crippen LogP contribution in [0, 0.1) is 10.1 Å². The van der Waals surface area contributed by atoms with E-state index in [1.54, 1.807) is 12.1 Å². The number of aromatic nitrogens is 1. The minimum Gasteiger partial charge on any atom is -0.374 e. The summed E-state index contributed by atoms with van der Waals surface area (Å²) in [6.07, 6.45) is 4.12. The van der Waals surface area contributed by atoms with E-state index >= 15 is 0 Å². The molecule has 0 bridgehead atoms. The van der Waals surface area contributed by atoms with Gasteiger partial charge in [0.2, 0.25) is 0 Å². The molecule has 0 radical (unpaired) electrons. The quantitative estimate of drug-likeness (QED) is 0.535. The molecular weight excluding hydrogens is 352 g/mol. The molecule has 1 N–H and O–H groups in total. The summed E-state index contributed by atoms with van der Waals surface area (Å²) in [5, 5.41) is 14.8. The number of nitrogens with zero attached hydrogens (tertiary/aromatic N) is 3. The Morgan fingerprint density at radius 2 is 1.71 bits per heavy atom. The summed E-state index contributed by atoms with van der Waals surface area (Å²) >= 11 is 0. The van der Waals surface area contributed by atoms with Gasteiger partial charge >= 0.3 is 0 Å². The van der Waals surface area contributed by atoms with Gasteiger partial charge in [-0.2, -0.15) is 0 Å². The molecule has 0 atom stereocenters. The summed E-state index contributed by atoms with van der Waals surface area (Å²) in [7, 11) is 0. The summed E-state index contributed by atoms with van der Waals surface area (Å²) in [6, 6.07) is 19.8. The van der Waals surface area contributed by atoms with Crippen molar-refractivity contribution in [1.29, 1.82) is 0 Å². The van der Waals surface area contributed by atoms with E-state index in [9.17, 15) is 10.1 Å². The Balaban J connectivity index is 1.42. The third kappa shape index (κ3) is 2.72. The van der Waals surface area contributed by atoms with Gasteiger partial charge in [-0.1, -0.05) is 18.2 Å². The van der Waals surface area contributed by atoms with Gasteiger partial charge in [-0.3, -0.25) is 10.1 Å². The molecule has 28 heavy (non-hydrogen) atoms. The van der Waals surface area contributed by atoms with Crippen molar-refractivity contribution in [3.63, 3.8) is 0 Å². The Morgan fingerprint density at radius 1 is 0.964 bits per heavy atom. The number of anilines is 2. The maximum Gasteiger partial charge on any atom is 0.269 e. The van der Waals surface area contributed by atoms with Crippen LogP contribution in [0.2, 0.25) is 0 Å². The molecule has 3 heterocycles. The highest BCUT2D eigenvalue weighted by atomic mass is 16.6. The number of hydrogen-bond acceptors (Lipinski definition) is 4. The molecule has 3 aromatic rings. The first-order valence-electron chi connectivity index (χ1n) is 9.66. The zero-order valence-corrected chi connectivity index (χ0v) is 15.5. The lowest BCUT2D eigenvalue weighted by atomic mass is 9.83. The van der Waals surface area contributed by atoms with Gasteiger partial charge < -0.3 is 14.8 Å². The van der Waals surface area contributed by atoms with Gasteiger partial charge in [0.05, 0.1) is 10.5 Å². The van der Waals surface area contributed by atoms with Gasteiger partial charge in [0, 0.05) is 55.0 Å². The standard InChI is InChI=1S/C22H22N4O2/c27-26(28)19-9-7-18(8-10-19)24-14-11-22(12-15-24)21-6-3-13-25(21)16-17-4-1-2-5-20(17)23-22/h1-10,13,23H,11-12,14-16H2. The number of nitro benzene ring substituents is 1. The molecule has 2 aliphatic rings. The van der Waals surface area contributed by atoms with Gasteiger partial charge in [-0.05, 0) is 48.7 Å². The van der Waals surface area contributed by atoms with Gasteiger partial charge in [0.15, 0.2) is 0 Å². The lowest BCUT2D eigenvalue weighted by molar-refractivity contribution is -0.384. The first kappa shape index (κ1) is 16.9.